The van der Waals surface area contributed by atoms with Crippen molar-refractivity contribution in [1.29, 1.82) is 0 Å². The van der Waals surface area contributed by atoms with Crippen LogP contribution >= 0.6 is 0 Å². The van der Waals surface area contributed by atoms with Gasteiger partial charge >= 0.3 is 0 Å². The number of para-hydroxylation sites is 1. The minimum atomic E-state index is -0.153. The van der Waals surface area contributed by atoms with Gasteiger partial charge in [-0.3, -0.25) is 0 Å². The Hall–Kier alpha value is -5.40. The molecule has 0 bridgehead atoms. The molecule has 1 heteroatoms. The van der Waals surface area contributed by atoms with Gasteiger partial charge < -0.3 is 4.90 Å². The monoisotopic (exact) mass is 565 g/mol. The van der Waals surface area contributed by atoms with E-state index < -0.39 is 0 Å². The highest BCUT2D eigenvalue weighted by molar-refractivity contribution is 6.14. The lowest BCUT2D eigenvalue weighted by atomic mass is 9.82. The molecular formula is C43H33N. The van der Waals surface area contributed by atoms with Crippen LogP contribution in [0, 0.1) is 0 Å². The Morgan fingerprint density at radius 2 is 1.09 bits per heavy atom. The van der Waals surface area contributed by atoms with Gasteiger partial charge in [-0.05, 0) is 79.9 Å². The van der Waals surface area contributed by atoms with Crippen LogP contribution in [0.25, 0.3) is 44.8 Å². The van der Waals surface area contributed by atoms with E-state index in [-0.39, 0.29) is 17.5 Å². The molecule has 210 valence electrons. The summed E-state index contributed by atoms with van der Waals surface area (Å²) in [5, 5.41) is 4.80. The highest BCUT2D eigenvalue weighted by Crippen LogP contribution is 2.49. The first-order valence-electron chi connectivity index (χ1n) is 16.2. The SMILES string of the molecule is [2H]/C(=C(/[2H])c1ccc2c(c1)C(C)(C)c1ccccc1-2)c1ccc(N(c2ccccc2)c2cc3ccccc3c3ccccc23)cc1. The van der Waals surface area contributed by atoms with Crippen LogP contribution in [0.1, 0.15) is 38.8 Å². The summed E-state index contributed by atoms with van der Waals surface area (Å²) < 4.78 is 18.1. The van der Waals surface area contributed by atoms with Gasteiger partial charge in [0.1, 0.15) is 0 Å². The predicted octanol–water partition coefficient (Wildman–Crippen LogP) is 11.9. The number of hydrogen-bond donors (Lipinski definition) is 0. The lowest BCUT2D eigenvalue weighted by molar-refractivity contribution is 0.660. The summed E-state index contributed by atoms with van der Waals surface area (Å²) in [7, 11) is 0. The average Bonchev–Trinajstić information content (AvgIpc) is 3.34. The van der Waals surface area contributed by atoms with Gasteiger partial charge in [-0.1, -0.05) is 147 Å². The summed E-state index contributed by atoms with van der Waals surface area (Å²) in [6.07, 6.45) is 0. The fraction of sp³-hybridized carbons (Fsp3) is 0.0698. The summed E-state index contributed by atoms with van der Waals surface area (Å²) in [6, 6.07) is 53.1. The Morgan fingerprint density at radius 3 is 1.91 bits per heavy atom. The van der Waals surface area contributed by atoms with E-state index in [0.29, 0.717) is 5.56 Å². The number of fused-ring (bicyclic) bond motifs is 6. The van der Waals surface area contributed by atoms with E-state index in [1.165, 1.54) is 43.8 Å². The van der Waals surface area contributed by atoms with Crippen molar-refractivity contribution in [3.05, 3.63) is 174 Å². The van der Waals surface area contributed by atoms with Crippen LogP contribution in [0.5, 0.6) is 0 Å². The van der Waals surface area contributed by atoms with Crippen molar-refractivity contribution < 1.29 is 2.74 Å². The van der Waals surface area contributed by atoms with Crippen LogP contribution < -0.4 is 4.90 Å². The Morgan fingerprint density at radius 1 is 0.500 bits per heavy atom. The molecule has 8 rings (SSSR count). The predicted molar refractivity (Wildman–Crippen MR) is 189 cm³/mol. The molecule has 0 amide bonds. The quantitative estimate of drug-likeness (QED) is 0.148. The van der Waals surface area contributed by atoms with Crippen molar-refractivity contribution in [3.63, 3.8) is 0 Å². The van der Waals surface area contributed by atoms with Gasteiger partial charge in [-0.25, -0.2) is 0 Å². The van der Waals surface area contributed by atoms with Crippen molar-refractivity contribution in [2.45, 2.75) is 19.3 Å². The summed E-state index contributed by atoms with van der Waals surface area (Å²) >= 11 is 0. The topological polar surface area (TPSA) is 3.24 Å². The van der Waals surface area contributed by atoms with Crippen LogP contribution in [-0.4, -0.2) is 0 Å². The molecule has 0 aromatic heterocycles. The highest BCUT2D eigenvalue weighted by Gasteiger charge is 2.34. The molecule has 0 N–H and O–H groups in total. The third-order valence-electron chi connectivity index (χ3n) is 9.06. The van der Waals surface area contributed by atoms with E-state index in [1.807, 2.05) is 24.3 Å². The zero-order chi connectivity index (χ0) is 31.4. The van der Waals surface area contributed by atoms with E-state index in [2.05, 4.69) is 146 Å². The molecule has 0 heterocycles. The van der Waals surface area contributed by atoms with Crippen LogP contribution in [0.3, 0.4) is 0 Å². The van der Waals surface area contributed by atoms with Crippen molar-refractivity contribution in [2.24, 2.45) is 0 Å². The van der Waals surface area contributed by atoms with Gasteiger partial charge in [-0.15, -0.1) is 0 Å². The summed E-state index contributed by atoms with van der Waals surface area (Å²) in [5.74, 6) is 0. The van der Waals surface area contributed by atoms with Crippen molar-refractivity contribution >= 4 is 50.7 Å². The maximum Gasteiger partial charge on any atom is 0.0629 e. The Balaban J connectivity index is 1.21. The zero-order valence-corrected chi connectivity index (χ0v) is 24.9. The average molecular weight is 566 g/mol. The molecule has 0 aliphatic heterocycles. The first-order chi connectivity index (χ1) is 22.4. The first-order valence-corrected chi connectivity index (χ1v) is 15.2. The van der Waals surface area contributed by atoms with E-state index in [9.17, 15) is 0 Å². The largest absolute Gasteiger partial charge is 0.310 e. The lowest BCUT2D eigenvalue weighted by Gasteiger charge is -2.27. The van der Waals surface area contributed by atoms with Crippen molar-refractivity contribution in [1.82, 2.24) is 0 Å². The summed E-state index contributed by atoms with van der Waals surface area (Å²) in [5.41, 5.74) is 9.46. The smallest absolute Gasteiger partial charge is 0.0629 e. The fourth-order valence-electron chi connectivity index (χ4n) is 6.84. The van der Waals surface area contributed by atoms with Gasteiger partial charge in [0.25, 0.3) is 0 Å². The maximum absolute atomic E-state index is 9.07. The molecule has 1 nitrogen and oxygen atoms in total. The molecule has 44 heavy (non-hydrogen) atoms. The third kappa shape index (κ3) is 4.32. The van der Waals surface area contributed by atoms with Gasteiger partial charge in [-0.2, -0.15) is 0 Å². The normalized spacial score (nSPS) is 14.4. The standard InChI is InChI=1S/C43H33N/c1-43(2)40-19-11-10-17-37(40)38-27-24-31(28-41(38)43)21-20-30-22-25-34(26-23-30)44(33-13-4-3-5-14-33)42-29-32-12-6-7-15-35(32)36-16-8-9-18-39(36)42/h3-29H,1-2H3/b21-20+/i20D,21D. The molecule has 0 saturated heterocycles. The Bertz CT molecular complexity index is 2300. The fourth-order valence-corrected chi connectivity index (χ4v) is 6.84. The lowest BCUT2D eigenvalue weighted by Crippen LogP contribution is -2.14. The molecular weight excluding hydrogens is 530 g/mol. The second-order valence-corrected chi connectivity index (χ2v) is 12.1. The molecule has 7 aromatic rings. The Labute approximate surface area is 262 Å². The maximum atomic E-state index is 9.07. The number of benzene rings is 7. The van der Waals surface area contributed by atoms with Crippen molar-refractivity contribution in [2.75, 3.05) is 4.90 Å². The molecule has 0 unspecified atom stereocenters. The minimum Gasteiger partial charge on any atom is -0.310 e. The van der Waals surface area contributed by atoms with Gasteiger partial charge in [0.15, 0.2) is 0 Å². The van der Waals surface area contributed by atoms with Gasteiger partial charge in [0, 0.05) is 22.2 Å². The van der Waals surface area contributed by atoms with Crippen LogP contribution in [0.4, 0.5) is 17.1 Å². The second kappa shape index (κ2) is 10.4. The highest BCUT2D eigenvalue weighted by atomic mass is 15.1. The number of anilines is 3. The molecule has 7 aromatic carbocycles. The molecule has 1 aliphatic rings. The number of hydrogen-bond acceptors (Lipinski definition) is 1. The molecule has 0 spiro atoms. The van der Waals surface area contributed by atoms with Gasteiger partial charge in [0.2, 0.25) is 0 Å². The minimum absolute atomic E-state index is 0.153. The van der Waals surface area contributed by atoms with Crippen LogP contribution in [0.2, 0.25) is 0 Å². The van der Waals surface area contributed by atoms with Crippen LogP contribution in [0.15, 0.2) is 152 Å². The van der Waals surface area contributed by atoms with E-state index in [4.69, 9.17) is 2.74 Å². The number of rotatable bonds is 5. The summed E-state index contributed by atoms with van der Waals surface area (Å²) in [4.78, 5) is 2.29. The molecule has 0 saturated carbocycles. The van der Waals surface area contributed by atoms with E-state index in [1.54, 1.807) is 0 Å². The number of nitrogens with zero attached hydrogens (tertiary/aromatic N) is 1. The molecule has 1 aliphatic carbocycles. The van der Waals surface area contributed by atoms with E-state index >= 15 is 0 Å². The first kappa shape index (κ1) is 24.1. The Kier molecular flexibility index (Phi) is 5.69. The summed E-state index contributed by atoms with van der Waals surface area (Å²) in [6.45, 7) is 4.48. The third-order valence-corrected chi connectivity index (χ3v) is 9.06. The van der Waals surface area contributed by atoms with Crippen molar-refractivity contribution in [3.8, 4) is 11.1 Å². The molecule has 0 fully saturated rings. The van der Waals surface area contributed by atoms with Gasteiger partial charge in [0.05, 0.1) is 8.43 Å². The molecule has 0 atom stereocenters. The second-order valence-electron chi connectivity index (χ2n) is 12.1. The molecule has 0 radical (unpaired) electrons. The van der Waals surface area contributed by atoms with E-state index in [0.717, 1.165) is 22.6 Å². The van der Waals surface area contributed by atoms with Crippen LogP contribution in [-0.2, 0) is 5.41 Å². The zero-order valence-electron chi connectivity index (χ0n) is 26.9.